The summed E-state index contributed by atoms with van der Waals surface area (Å²) in [6, 6.07) is 13.1. The molecule has 0 atom stereocenters. The van der Waals surface area contributed by atoms with Crippen LogP contribution >= 0.6 is 11.3 Å². The van der Waals surface area contributed by atoms with Gasteiger partial charge in [-0.15, -0.1) is 11.3 Å². The van der Waals surface area contributed by atoms with Crippen molar-refractivity contribution in [2.24, 2.45) is 0 Å². The third-order valence-corrected chi connectivity index (χ3v) is 4.05. The molecule has 116 valence electrons. The first-order chi connectivity index (χ1) is 11.1. The number of nitrogens with two attached hydrogens (primary N) is 1. The van der Waals surface area contributed by atoms with Crippen molar-refractivity contribution in [1.82, 2.24) is 4.98 Å². The van der Waals surface area contributed by atoms with E-state index >= 15 is 0 Å². The van der Waals surface area contributed by atoms with Crippen molar-refractivity contribution in [2.45, 2.75) is 6.42 Å². The molecule has 0 saturated carbocycles. The van der Waals surface area contributed by atoms with Crippen molar-refractivity contribution in [3.63, 3.8) is 0 Å². The molecule has 0 bridgehead atoms. The Morgan fingerprint density at radius 3 is 2.52 bits per heavy atom. The minimum Gasteiger partial charge on any atom is -0.399 e. The molecule has 0 aliphatic rings. The van der Waals surface area contributed by atoms with E-state index in [1.165, 1.54) is 35.6 Å². The summed E-state index contributed by atoms with van der Waals surface area (Å²) in [6.45, 7) is 0. The topological polar surface area (TPSA) is 68.0 Å². The summed E-state index contributed by atoms with van der Waals surface area (Å²) < 4.78 is 12.8. The Morgan fingerprint density at radius 1 is 1.13 bits per heavy atom. The Bertz CT molecular complexity index is 813. The zero-order valence-corrected chi connectivity index (χ0v) is 12.9. The number of carbonyl (C=O) groups is 1. The number of rotatable bonds is 4. The van der Waals surface area contributed by atoms with Gasteiger partial charge in [-0.2, -0.15) is 0 Å². The largest absolute Gasteiger partial charge is 0.399 e. The van der Waals surface area contributed by atoms with Gasteiger partial charge in [0.15, 0.2) is 0 Å². The fraction of sp³-hybridized carbons (Fsp3) is 0.0588. The predicted molar refractivity (Wildman–Crippen MR) is 90.7 cm³/mol. The fourth-order valence-electron chi connectivity index (χ4n) is 2.05. The van der Waals surface area contributed by atoms with Gasteiger partial charge in [0, 0.05) is 22.3 Å². The summed E-state index contributed by atoms with van der Waals surface area (Å²) >= 11 is 1.43. The van der Waals surface area contributed by atoms with Gasteiger partial charge in [0.1, 0.15) is 10.8 Å². The van der Waals surface area contributed by atoms with Crippen molar-refractivity contribution in [3.8, 4) is 11.3 Å². The van der Waals surface area contributed by atoms with E-state index in [4.69, 9.17) is 5.73 Å². The van der Waals surface area contributed by atoms with Crippen molar-refractivity contribution in [3.05, 3.63) is 64.7 Å². The first-order valence-corrected chi connectivity index (χ1v) is 7.84. The van der Waals surface area contributed by atoms with Crippen LogP contribution in [0.3, 0.4) is 0 Å². The van der Waals surface area contributed by atoms with Crippen LogP contribution in [0.15, 0.2) is 53.9 Å². The molecule has 0 radical (unpaired) electrons. The lowest BCUT2D eigenvalue weighted by molar-refractivity contribution is -0.115. The first kappa shape index (κ1) is 15.2. The molecule has 0 unspecified atom stereocenters. The number of nitrogens with one attached hydrogen (secondary N) is 1. The van der Waals surface area contributed by atoms with Gasteiger partial charge in [-0.05, 0) is 36.4 Å². The average molecular weight is 327 g/mol. The van der Waals surface area contributed by atoms with E-state index in [9.17, 15) is 9.18 Å². The monoisotopic (exact) mass is 327 g/mol. The molecule has 2 aromatic carbocycles. The summed E-state index contributed by atoms with van der Waals surface area (Å²) in [4.78, 5) is 16.5. The fourth-order valence-corrected chi connectivity index (χ4v) is 2.86. The highest BCUT2D eigenvalue weighted by atomic mass is 32.1. The van der Waals surface area contributed by atoms with Gasteiger partial charge in [-0.25, -0.2) is 9.37 Å². The molecule has 3 N–H and O–H groups in total. The molecule has 6 heteroatoms. The van der Waals surface area contributed by atoms with Crippen LogP contribution in [-0.2, 0) is 11.2 Å². The van der Waals surface area contributed by atoms with Crippen molar-refractivity contribution in [1.29, 1.82) is 0 Å². The molecule has 3 rings (SSSR count). The van der Waals surface area contributed by atoms with Crippen LogP contribution in [0.4, 0.5) is 15.8 Å². The Balaban J connectivity index is 1.65. The molecule has 3 aromatic rings. The normalized spacial score (nSPS) is 10.5. The van der Waals surface area contributed by atoms with E-state index in [2.05, 4.69) is 10.3 Å². The van der Waals surface area contributed by atoms with Crippen LogP contribution in [-0.4, -0.2) is 10.9 Å². The van der Waals surface area contributed by atoms with Crippen LogP contribution in [0, 0.1) is 5.82 Å². The molecule has 4 nitrogen and oxygen atoms in total. The Hall–Kier alpha value is -2.73. The Morgan fingerprint density at radius 2 is 1.83 bits per heavy atom. The van der Waals surface area contributed by atoms with Crippen molar-refractivity contribution >= 4 is 28.6 Å². The van der Waals surface area contributed by atoms with Crippen LogP contribution in [0.5, 0.6) is 0 Å². The molecular weight excluding hydrogens is 313 g/mol. The highest BCUT2D eigenvalue weighted by Gasteiger charge is 2.09. The van der Waals surface area contributed by atoms with Crippen LogP contribution < -0.4 is 11.1 Å². The number of halogens is 1. The third kappa shape index (κ3) is 3.92. The molecule has 1 amide bonds. The number of hydrogen-bond donors (Lipinski definition) is 2. The SMILES string of the molecule is Nc1ccc(-c2csc(CC(=O)Nc3ccc(F)cc3)n2)cc1. The number of benzene rings is 2. The molecule has 1 aromatic heterocycles. The molecular formula is C17H14FN3OS. The maximum atomic E-state index is 12.8. The van der Waals surface area contributed by atoms with Crippen LogP contribution in [0.2, 0.25) is 0 Å². The lowest BCUT2D eigenvalue weighted by Gasteiger charge is -2.03. The number of amides is 1. The molecule has 0 aliphatic heterocycles. The number of hydrogen-bond acceptors (Lipinski definition) is 4. The van der Waals surface area contributed by atoms with Gasteiger partial charge >= 0.3 is 0 Å². The Kier molecular flexibility index (Phi) is 4.34. The third-order valence-electron chi connectivity index (χ3n) is 3.20. The van der Waals surface area contributed by atoms with E-state index in [1.807, 2.05) is 29.6 Å². The molecule has 0 aliphatic carbocycles. The molecule has 23 heavy (non-hydrogen) atoms. The molecule has 0 saturated heterocycles. The highest BCUT2D eigenvalue weighted by molar-refractivity contribution is 7.10. The van der Waals surface area contributed by atoms with E-state index in [-0.39, 0.29) is 18.1 Å². The summed E-state index contributed by atoms with van der Waals surface area (Å²) in [7, 11) is 0. The van der Waals surface area contributed by atoms with E-state index in [0.717, 1.165) is 16.3 Å². The first-order valence-electron chi connectivity index (χ1n) is 6.96. The lowest BCUT2D eigenvalue weighted by Crippen LogP contribution is -2.14. The predicted octanol–water partition coefficient (Wildman–Crippen LogP) is 3.71. The zero-order chi connectivity index (χ0) is 16.2. The van der Waals surface area contributed by atoms with E-state index in [1.54, 1.807) is 0 Å². The minimum atomic E-state index is -0.337. The summed E-state index contributed by atoms with van der Waals surface area (Å²) in [5.41, 5.74) is 8.70. The van der Waals surface area contributed by atoms with Gasteiger partial charge < -0.3 is 11.1 Å². The summed E-state index contributed by atoms with van der Waals surface area (Å²) in [5.74, 6) is -0.522. The summed E-state index contributed by atoms with van der Waals surface area (Å²) in [6.07, 6.45) is 0.178. The quantitative estimate of drug-likeness (QED) is 0.718. The molecule has 1 heterocycles. The van der Waals surface area contributed by atoms with E-state index < -0.39 is 0 Å². The second kappa shape index (κ2) is 6.58. The number of thiazole rings is 1. The Labute approximate surface area is 136 Å². The zero-order valence-electron chi connectivity index (χ0n) is 12.1. The van der Waals surface area contributed by atoms with Gasteiger partial charge in [-0.1, -0.05) is 12.1 Å². The van der Waals surface area contributed by atoms with Gasteiger partial charge in [0.05, 0.1) is 12.1 Å². The van der Waals surface area contributed by atoms with E-state index in [0.29, 0.717) is 11.4 Å². The van der Waals surface area contributed by atoms with Gasteiger partial charge in [-0.3, -0.25) is 4.79 Å². The van der Waals surface area contributed by atoms with Gasteiger partial charge in [0.25, 0.3) is 0 Å². The lowest BCUT2D eigenvalue weighted by atomic mass is 10.1. The van der Waals surface area contributed by atoms with Crippen molar-refractivity contribution < 1.29 is 9.18 Å². The second-order valence-corrected chi connectivity index (χ2v) is 5.92. The number of nitrogen functional groups attached to an aromatic ring is 1. The van der Waals surface area contributed by atoms with Crippen molar-refractivity contribution in [2.75, 3.05) is 11.1 Å². The maximum absolute atomic E-state index is 12.8. The second-order valence-electron chi connectivity index (χ2n) is 4.98. The molecule has 0 fully saturated rings. The number of carbonyl (C=O) groups excluding carboxylic acids is 1. The standard InChI is InChI=1S/C17H14FN3OS/c18-12-3-7-14(8-4-12)20-16(22)9-17-21-15(10-23-17)11-1-5-13(19)6-2-11/h1-8,10H,9,19H2,(H,20,22). The van der Waals surface area contributed by atoms with Crippen LogP contribution in [0.25, 0.3) is 11.3 Å². The smallest absolute Gasteiger partial charge is 0.231 e. The average Bonchev–Trinajstić information content (AvgIpc) is 2.98. The van der Waals surface area contributed by atoms with Gasteiger partial charge in [0.2, 0.25) is 5.91 Å². The molecule has 0 spiro atoms. The number of aromatic nitrogens is 1. The number of anilines is 2. The highest BCUT2D eigenvalue weighted by Crippen LogP contribution is 2.23. The number of nitrogens with zero attached hydrogens (tertiary/aromatic N) is 1. The summed E-state index contributed by atoms with van der Waals surface area (Å²) in [5, 5.41) is 5.35. The maximum Gasteiger partial charge on any atom is 0.231 e. The van der Waals surface area contributed by atoms with Crippen LogP contribution in [0.1, 0.15) is 5.01 Å². The minimum absolute atomic E-state index is 0.178.